The first-order chi connectivity index (χ1) is 8.56. The fourth-order valence-electron chi connectivity index (χ4n) is 1.47. The van der Waals surface area contributed by atoms with Gasteiger partial charge >= 0.3 is 5.97 Å². The van der Waals surface area contributed by atoms with E-state index in [4.69, 9.17) is 5.26 Å². The normalized spacial score (nSPS) is 13.4. The minimum Gasteiger partial charge on any atom is -0.469 e. The molecule has 0 aliphatic heterocycles. The molecule has 0 saturated carbocycles. The summed E-state index contributed by atoms with van der Waals surface area (Å²) in [7, 11) is 0.206. The number of nitriles is 1. The Hall–Kier alpha value is -1.67. The summed E-state index contributed by atoms with van der Waals surface area (Å²) >= 11 is 0. The predicted molar refractivity (Wildman–Crippen MR) is 69.1 cm³/mol. The third-order valence-corrected chi connectivity index (χ3v) is 3.98. The van der Waals surface area contributed by atoms with Crippen LogP contribution in [-0.2, 0) is 26.1 Å². The highest BCUT2D eigenvalue weighted by Gasteiger charge is 2.16. The number of rotatable bonds is 5. The van der Waals surface area contributed by atoms with Crippen molar-refractivity contribution >= 4 is 16.8 Å². The van der Waals surface area contributed by atoms with E-state index in [1.54, 1.807) is 31.2 Å². The van der Waals surface area contributed by atoms with Crippen molar-refractivity contribution in [2.24, 2.45) is 5.92 Å². The second kappa shape index (κ2) is 6.92. The molecule has 0 spiro atoms. The molecular formula is C13H15NO3S. The van der Waals surface area contributed by atoms with E-state index in [0.29, 0.717) is 11.3 Å². The van der Waals surface area contributed by atoms with E-state index in [9.17, 15) is 9.00 Å². The third-order valence-electron chi connectivity index (χ3n) is 2.45. The van der Waals surface area contributed by atoms with E-state index >= 15 is 0 Å². The van der Waals surface area contributed by atoms with Gasteiger partial charge in [0.1, 0.15) is 0 Å². The molecule has 1 aromatic rings. The smallest absolute Gasteiger partial charge is 0.309 e. The molecule has 1 rings (SSSR count). The molecule has 5 heteroatoms. The maximum Gasteiger partial charge on any atom is 0.309 e. The van der Waals surface area contributed by atoms with Gasteiger partial charge in [0.05, 0.1) is 24.7 Å². The van der Waals surface area contributed by atoms with Crippen LogP contribution in [0.4, 0.5) is 0 Å². The van der Waals surface area contributed by atoms with Crippen molar-refractivity contribution in [3.05, 3.63) is 35.4 Å². The van der Waals surface area contributed by atoms with E-state index in [0.717, 1.165) is 5.56 Å². The Balaban J connectivity index is 2.54. The molecular weight excluding hydrogens is 250 g/mol. The van der Waals surface area contributed by atoms with Crippen molar-refractivity contribution in [1.29, 1.82) is 5.26 Å². The van der Waals surface area contributed by atoms with Gasteiger partial charge in [-0.2, -0.15) is 5.26 Å². The topological polar surface area (TPSA) is 67.2 Å². The molecule has 0 heterocycles. The molecule has 4 nitrogen and oxygen atoms in total. The zero-order chi connectivity index (χ0) is 13.5. The molecule has 1 aromatic carbocycles. The standard InChI is InChI=1S/C13H15NO3S/c1-10(13(15)17-2)8-18(16)9-12-5-3-11(7-14)4-6-12/h3-6,10H,8-9H2,1-2H3. The van der Waals surface area contributed by atoms with Gasteiger partial charge in [0.2, 0.25) is 0 Å². The first-order valence-corrected chi connectivity index (χ1v) is 6.97. The van der Waals surface area contributed by atoms with Gasteiger partial charge in [0.15, 0.2) is 0 Å². The highest BCUT2D eigenvalue weighted by Crippen LogP contribution is 2.09. The number of hydrogen-bond donors (Lipinski definition) is 0. The summed E-state index contributed by atoms with van der Waals surface area (Å²) in [6.07, 6.45) is 0. The van der Waals surface area contributed by atoms with Crippen molar-refractivity contribution in [2.45, 2.75) is 12.7 Å². The summed E-state index contributed by atoms with van der Waals surface area (Å²) < 4.78 is 16.4. The molecule has 2 unspecified atom stereocenters. The third kappa shape index (κ3) is 4.30. The Morgan fingerprint density at radius 2 is 2.06 bits per heavy atom. The van der Waals surface area contributed by atoms with Crippen LogP contribution in [0.2, 0.25) is 0 Å². The number of benzene rings is 1. The van der Waals surface area contributed by atoms with Crippen molar-refractivity contribution in [2.75, 3.05) is 12.9 Å². The van der Waals surface area contributed by atoms with Crippen LogP contribution in [0, 0.1) is 17.2 Å². The van der Waals surface area contributed by atoms with Gasteiger partial charge in [0.25, 0.3) is 0 Å². The fourth-order valence-corrected chi connectivity index (χ4v) is 2.84. The summed E-state index contributed by atoms with van der Waals surface area (Å²) in [4.78, 5) is 11.2. The Morgan fingerprint density at radius 1 is 1.44 bits per heavy atom. The molecule has 2 atom stereocenters. The lowest BCUT2D eigenvalue weighted by Gasteiger charge is -2.08. The second-order valence-electron chi connectivity index (χ2n) is 3.98. The highest BCUT2D eigenvalue weighted by atomic mass is 32.2. The molecule has 0 N–H and O–H groups in total. The largest absolute Gasteiger partial charge is 0.469 e. The maximum atomic E-state index is 11.8. The summed E-state index contributed by atoms with van der Waals surface area (Å²) in [6, 6.07) is 8.96. The Morgan fingerprint density at radius 3 is 2.56 bits per heavy atom. The van der Waals surface area contributed by atoms with Gasteiger partial charge in [-0.3, -0.25) is 9.00 Å². The Kier molecular flexibility index (Phi) is 5.53. The van der Waals surface area contributed by atoms with Gasteiger partial charge in [-0.15, -0.1) is 0 Å². The minimum absolute atomic E-state index is 0.284. The quantitative estimate of drug-likeness (QED) is 0.759. The van der Waals surface area contributed by atoms with Crippen LogP contribution in [0.3, 0.4) is 0 Å². The van der Waals surface area contributed by atoms with Crippen LogP contribution in [0.15, 0.2) is 24.3 Å². The van der Waals surface area contributed by atoms with Crippen molar-refractivity contribution in [3.63, 3.8) is 0 Å². The predicted octanol–water partition coefficient (Wildman–Crippen LogP) is 1.62. The van der Waals surface area contributed by atoms with Crippen LogP contribution in [0.1, 0.15) is 18.1 Å². The Bertz CT molecular complexity index is 476. The van der Waals surface area contributed by atoms with Crippen LogP contribution in [0.5, 0.6) is 0 Å². The minimum atomic E-state index is -1.12. The molecule has 0 saturated heterocycles. The molecule has 0 fully saturated rings. The number of carbonyl (C=O) groups is 1. The maximum absolute atomic E-state index is 11.8. The zero-order valence-electron chi connectivity index (χ0n) is 10.4. The molecule has 96 valence electrons. The number of carbonyl (C=O) groups excluding carboxylic acids is 1. The molecule has 18 heavy (non-hydrogen) atoms. The summed E-state index contributed by atoms with van der Waals surface area (Å²) in [5, 5.41) is 8.66. The van der Waals surface area contributed by atoms with Gasteiger partial charge in [-0.05, 0) is 17.7 Å². The van der Waals surface area contributed by atoms with Gasteiger partial charge in [-0.25, -0.2) is 0 Å². The van der Waals surface area contributed by atoms with E-state index in [1.165, 1.54) is 7.11 Å². The first-order valence-electron chi connectivity index (χ1n) is 5.48. The molecule has 0 bridgehead atoms. The summed E-state index contributed by atoms with van der Waals surface area (Å²) in [5.74, 6) is -0.0444. The highest BCUT2D eigenvalue weighted by molar-refractivity contribution is 7.84. The van der Waals surface area contributed by atoms with E-state index in [2.05, 4.69) is 4.74 Å². The lowest BCUT2D eigenvalue weighted by molar-refractivity contribution is -0.144. The van der Waals surface area contributed by atoms with E-state index in [1.807, 2.05) is 6.07 Å². The second-order valence-corrected chi connectivity index (χ2v) is 5.49. The van der Waals surface area contributed by atoms with Crippen LogP contribution < -0.4 is 0 Å². The van der Waals surface area contributed by atoms with Gasteiger partial charge in [0, 0.05) is 22.3 Å². The lowest BCUT2D eigenvalue weighted by Crippen LogP contribution is -2.20. The molecule has 0 aliphatic carbocycles. The molecule has 0 amide bonds. The van der Waals surface area contributed by atoms with Crippen molar-refractivity contribution in [3.8, 4) is 6.07 Å². The summed E-state index contributed by atoms with van der Waals surface area (Å²) in [5.41, 5.74) is 1.47. The SMILES string of the molecule is COC(=O)C(C)CS(=O)Cc1ccc(C#N)cc1. The van der Waals surface area contributed by atoms with Crippen LogP contribution >= 0.6 is 0 Å². The molecule has 0 radical (unpaired) electrons. The monoisotopic (exact) mass is 265 g/mol. The van der Waals surface area contributed by atoms with Crippen LogP contribution in [-0.4, -0.2) is 23.0 Å². The van der Waals surface area contributed by atoms with Gasteiger partial charge < -0.3 is 4.74 Å². The van der Waals surface area contributed by atoms with E-state index in [-0.39, 0.29) is 17.6 Å². The lowest BCUT2D eigenvalue weighted by atomic mass is 10.2. The molecule has 0 aliphatic rings. The zero-order valence-corrected chi connectivity index (χ0v) is 11.2. The number of methoxy groups -OCH3 is 1. The van der Waals surface area contributed by atoms with E-state index < -0.39 is 10.8 Å². The van der Waals surface area contributed by atoms with Crippen LogP contribution in [0.25, 0.3) is 0 Å². The number of hydrogen-bond acceptors (Lipinski definition) is 4. The average Bonchev–Trinajstić information content (AvgIpc) is 2.38. The number of esters is 1. The van der Waals surface area contributed by atoms with Crippen molar-refractivity contribution < 1.29 is 13.7 Å². The fraction of sp³-hybridized carbons (Fsp3) is 0.385. The van der Waals surface area contributed by atoms with Gasteiger partial charge in [-0.1, -0.05) is 19.1 Å². The number of ether oxygens (including phenoxy) is 1. The average molecular weight is 265 g/mol. The summed E-state index contributed by atoms with van der Waals surface area (Å²) in [6.45, 7) is 1.70. The molecule has 0 aromatic heterocycles. The number of nitrogens with zero attached hydrogens (tertiary/aromatic N) is 1. The van der Waals surface area contributed by atoms with Crippen molar-refractivity contribution in [1.82, 2.24) is 0 Å². The first kappa shape index (κ1) is 14.4. The Labute approximate surface area is 109 Å².